The number of carbonyl (C=O) groups excluding carboxylic acids is 1. The number of hydrogen-bond donors (Lipinski definition) is 2. The number of aromatic nitrogens is 2. The molecule has 6 nitrogen and oxygen atoms in total. The lowest BCUT2D eigenvalue weighted by Crippen LogP contribution is -2.22. The molecule has 0 aliphatic carbocycles. The molecule has 2 N–H and O–H groups in total. The minimum Gasteiger partial charge on any atom is -0.341 e. The molecule has 2 aromatic rings. The molecule has 1 aliphatic heterocycles. The van der Waals surface area contributed by atoms with Gasteiger partial charge in [-0.1, -0.05) is 17.7 Å². The highest BCUT2D eigenvalue weighted by Gasteiger charge is 2.14. The average Bonchev–Trinajstić information content (AvgIpc) is 3.05. The third-order valence-corrected chi connectivity index (χ3v) is 3.92. The van der Waals surface area contributed by atoms with Crippen LogP contribution in [0.3, 0.4) is 0 Å². The summed E-state index contributed by atoms with van der Waals surface area (Å²) in [6, 6.07) is 5.60. The number of nitrogens with zero attached hydrogens (tertiary/aromatic N) is 3. The van der Waals surface area contributed by atoms with Crippen LogP contribution in [0.2, 0.25) is 0 Å². The highest BCUT2D eigenvalue weighted by atomic mass is 16.2. The first-order chi connectivity index (χ1) is 11.1. The van der Waals surface area contributed by atoms with Crippen molar-refractivity contribution in [2.45, 2.75) is 26.7 Å². The van der Waals surface area contributed by atoms with Gasteiger partial charge in [0.05, 0.1) is 18.1 Å². The molecule has 2 amide bonds. The van der Waals surface area contributed by atoms with E-state index in [0.717, 1.165) is 30.3 Å². The van der Waals surface area contributed by atoms with Gasteiger partial charge in [0.1, 0.15) is 0 Å². The Morgan fingerprint density at radius 2 is 1.78 bits per heavy atom. The Hall–Kier alpha value is -2.63. The summed E-state index contributed by atoms with van der Waals surface area (Å²) in [7, 11) is 0. The highest BCUT2D eigenvalue weighted by Crippen LogP contribution is 2.18. The Morgan fingerprint density at radius 1 is 1.09 bits per heavy atom. The molecule has 120 valence electrons. The lowest BCUT2D eigenvalue weighted by molar-refractivity contribution is 0.262. The third-order valence-electron chi connectivity index (χ3n) is 3.92. The van der Waals surface area contributed by atoms with Gasteiger partial charge in [0.2, 0.25) is 5.95 Å². The summed E-state index contributed by atoms with van der Waals surface area (Å²) in [6.07, 6.45) is 5.65. The molecule has 0 saturated carbocycles. The Balaban J connectivity index is 1.61. The maximum absolute atomic E-state index is 12.1. The van der Waals surface area contributed by atoms with Crippen molar-refractivity contribution in [2.75, 3.05) is 28.6 Å². The number of hydrogen-bond acceptors (Lipinski definition) is 4. The predicted octanol–water partition coefficient (Wildman–Crippen LogP) is 3.34. The molecule has 1 fully saturated rings. The van der Waals surface area contributed by atoms with Gasteiger partial charge in [0, 0.05) is 18.8 Å². The summed E-state index contributed by atoms with van der Waals surface area (Å²) in [6.45, 7) is 5.99. The van der Waals surface area contributed by atoms with E-state index in [0.29, 0.717) is 5.69 Å². The first-order valence-electron chi connectivity index (χ1n) is 7.84. The second kappa shape index (κ2) is 6.64. The van der Waals surface area contributed by atoms with Crippen LogP contribution in [0, 0.1) is 13.8 Å². The van der Waals surface area contributed by atoms with Crippen molar-refractivity contribution in [3.63, 3.8) is 0 Å². The van der Waals surface area contributed by atoms with Crippen LogP contribution in [-0.2, 0) is 0 Å². The number of anilines is 3. The third kappa shape index (κ3) is 3.77. The van der Waals surface area contributed by atoms with E-state index in [-0.39, 0.29) is 6.03 Å². The van der Waals surface area contributed by atoms with Gasteiger partial charge in [-0.2, -0.15) is 0 Å². The largest absolute Gasteiger partial charge is 0.341 e. The van der Waals surface area contributed by atoms with E-state index >= 15 is 0 Å². The molecule has 1 aromatic carbocycles. The van der Waals surface area contributed by atoms with Gasteiger partial charge in [0.25, 0.3) is 0 Å². The van der Waals surface area contributed by atoms with Gasteiger partial charge in [-0.3, -0.25) is 0 Å². The Morgan fingerprint density at radius 3 is 2.43 bits per heavy atom. The Bertz CT molecular complexity index is 693. The van der Waals surface area contributed by atoms with Crippen LogP contribution in [0.25, 0.3) is 0 Å². The number of carbonyl (C=O) groups is 1. The van der Waals surface area contributed by atoms with E-state index in [1.165, 1.54) is 18.4 Å². The van der Waals surface area contributed by atoms with Crippen molar-refractivity contribution in [3.8, 4) is 0 Å². The molecule has 1 aromatic heterocycles. The van der Waals surface area contributed by atoms with Crippen LogP contribution in [0.4, 0.5) is 22.1 Å². The summed E-state index contributed by atoms with van der Waals surface area (Å²) in [5, 5.41) is 5.60. The lowest BCUT2D eigenvalue weighted by atomic mass is 10.1. The molecule has 2 heterocycles. The molecule has 23 heavy (non-hydrogen) atoms. The summed E-state index contributed by atoms with van der Waals surface area (Å²) < 4.78 is 0. The first-order valence-corrected chi connectivity index (χ1v) is 7.84. The molecule has 0 unspecified atom stereocenters. The summed E-state index contributed by atoms with van der Waals surface area (Å²) in [5.74, 6) is 0.725. The molecular weight excluding hydrogens is 290 g/mol. The summed E-state index contributed by atoms with van der Waals surface area (Å²) in [4.78, 5) is 22.9. The second-order valence-corrected chi connectivity index (χ2v) is 5.86. The van der Waals surface area contributed by atoms with Gasteiger partial charge < -0.3 is 15.5 Å². The van der Waals surface area contributed by atoms with Crippen molar-refractivity contribution in [1.82, 2.24) is 9.97 Å². The SMILES string of the molecule is Cc1ccc(NC(=O)Nc2cnc(N3CCCC3)nc2)c(C)c1. The predicted molar refractivity (Wildman–Crippen MR) is 92.0 cm³/mol. The van der Waals surface area contributed by atoms with E-state index in [2.05, 4.69) is 25.5 Å². The lowest BCUT2D eigenvalue weighted by Gasteiger charge is -2.15. The van der Waals surface area contributed by atoms with Crippen LogP contribution in [-0.4, -0.2) is 29.1 Å². The number of rotatable bonds is 3. The van der Waals surface area contributed by atoms with Crippen molar-refractivity contribution < 1.29 is 4.79 Å². The molecule has 0 spiro atoms. The van der Waals surface area contributed by atoms with Crippen LogP contribution in [0.15, 0.2) is 30.6 Å². The molecule has 0 bridgehead atoms. The minimum atomic E-state index is -0.297. The van der Waals surface area contributed by atoms with Crippen molar-refractivity contribution in [1.29, 1.82) is 0 Å². The normalized spacial score (nSPS) is 13.9. The minimum absolute atomic E-state index is 0.297. The van der Waals surface area contributed by atoms with Crippen molar-refractivity contribution in [3.05, 3.63) is 41.7 Å². The van der Waals surface area contributed by atoms with Gasteiger partial charge in [0.15, 0.2) is 0 Å². The second-order valence-electron chi connectivity index (χ2n) is 5.86. The van der Waals surface area contributed by atoms with Crippen molar-refractivity contribution in [2.24, 2.45) is 0 Å². The highest BCUT2D eigenvalue weighted by molar-refractivity contribution is 6.00. The van der Waals surface area contributed by atoms with Gasteiger partial charge >= 0.3 is 6.03 Å². The van der Waals surface area contributed by atoms with Crippen LogP contribution in [0.5, 0.6) is 0 Å². The van der Waals surface area contributed by atoms with E-state index in [1.807, 2.05) is 32.0 Å². The van der Waals surface area contributed by atoms with Crippen molar-refractivity contribution >= 4 is 23.4 Å². The Labute approximate surface area is 135 Å². The zero-order valence-electron chi connectivity index (χ0n) is 13.5. The van der Waals surface area contributed by atoms with E-state index in [4.69, 9.17) is 0 Å². The van der Waals surface area contributed by atoms with E-state index < -0.39 is 0 Å². The number of aryl methyl sites for hydroxylation is 2. The molecule has 1 saturated heterocycles. The van der Waals surface area contributed by atoms with Crippen LogP contribution < -0.4 is 15.5 Å². The Kier molecular flexibility index (Phi) is 4.41. The fourth-order valence-electron chi connectivity index (χ4n) is 2.70. The van der Waals surface area contributed by atoms with Gasteiger partial charge in [-0.15, -0.1) is 0 Å². The number of nitrogens with one attached hydrogen (secondary N) is 2. The van der Waals surface area contributed by atoms with Gasteiger partial charge in [-0.25, -0.2) is 14.8 Å². The molecule has 0 radical (unpaired) electrons. The standard InChI is InChI=1S/C17H21N5O/c1-12-5-6-15(13(2)9-12)21-17(23)20-14-10-18-16(19-11-14)22-7-3-4-8-22/h5-6,9-11H,3-4,7-8H2,1-2H3,(H2,20,21,23). The number of benzene rings is 1. The number of amides is 2. The van der Waals surface area contributed by atoms with Crippen LogP contribution >= 0.6 is 0 Å². The molecule has 1 aliphatic rings. The maximum atomic E-state index is 12.1. The topological polar surface area (TPSA) is 70.2 Å². The van der Waals surface area contributed by atoms with E-state index in [9.17, 15) is 4.79 Å². The molecule has 3 rings (SSSR count). The molecular formula is C17H21N5O. The molecule has 6 heteroatoms. The summed E-state index contributed by atoms with van der Waals surface area (Å²) >= 11 is 0. The van der Waals surface area contributed by atoms with E-state index in [1.54, 1.807) is 12.4 Å². The zero-order valence-corrected chi connectivity index (χ0v) is 13.5. The van der Waals surface area contributed by atoms with Gasteiger partial charge in [-0.05, 0) is 38.3 Å². The smallest absolute Gasteiger partial charge is 0.323 e. The monoisotopic (exact) mass is 311 g/mol. The fraction of sp³-hybridized carbons (Fsp3) is 0.353. The van der Waals surface area contributed by atoms with Crippen LogP contribution in [0.1, 0.15) is 24.0 Å². The average molecular weight is 311 g/mol. The number of urea groups is 1. The quantitative estimate of drug-likeness (QED) is 0.912. The molecule has 0 atom stereocenters. The first kappa shape index (κ1) is 15.3. The maximum Gasteiger partial charge on any atom is 0.323 e. The summed E-state index contributed by atoms with van der Waals surface area (Å²) in [5.41, 5.74) is 3.57. The fourth-order valence-corrected chi connectivity index (χ4v) is 2.70. The zero-order chi connectivity index (χ0) is 16.2.